The summed E-state index contributed by atoms with van der Waals surface area (Å²) in [5.41, 5.74) is 2.26. The van der Waals surface area contributed by atoms with Gasteiger partial charge in [0.05, 0.1) is 17.1 Å². The van der Waals surface area contributed by atoms with Crippen LogP contribution in [-0.4, -0.2) is 38.9 Å². The zero-order valence-electron chi connectivity index (χ0n) is 19.2. The minimum absolute atomic E-state index is 0.104. The molecule has 1 aliphatic heterocycles. The molecule has 1 fully saturated rings. The number of para-hydroxylation sites is 2. The summed E-state index contributed by atoms with van der Waals surface area (Å²) < 4.78 is 1.94. The van der Waals surface area contributed by atoms with E-state index in [1.165, 1.54) is 0 Å². The zero-order chi connectivity index (χ0) is 24.2. The average Bonchev–Trinajstić information content (AvgIpc) is 3.42. The van der Waals surface area contributed by atoms with Gasteiger partial charge in [0.2, 0.25) is 5.95 Å². The Balaban J connectivity index is 1.63. The first kappa shape index (κ1) is 23.5. The summed E-state index contributed by atoms with van der Waals surface area (Å²) in [5.74, 6) is -0.0142. The Morgan fingerprint density at radius 3 is 2.68 bits per heavy atom. The summed E-state index contributed by atoms with van der Waals surface area (Å²) in [7, 11) is 0. The molecule has 7 nitrogen and oxygen atoms in total. The number of carbonyl (C=O) groups excluding carboxylic acids is 2. The maximum atomic E-state index is 13.1. The van der Waals surface area contributed by atoms with Crippen molar-refractivity contribution in [2.45, 2.75) is 39.3 Å². The number of hydrogen-bond donors (Lipinski definition) is 1. The molecule has 0 aliphatic carbocycles. The number of nitrogens with zero attached hydrogens (tertiary/aromatic N) is 4. The zero-order valence-corrected chi connectivity index (χ0v) is 19.9. The van der Waals surface area contributed by atoms with Gasteiger partial charge in [-0.1, -0.05) is 43.7 Å². The van der Waals surface area contributed by atoms with Crippen LogP contribution in [0.2, 0.25) is 5.02 Å². The molecule has 1 unspecified atom stereocenters. The molecule has 0 saturated carbocycles. The van der Waals surface area contributed by atoms with Crippen LogP contribution in [0, 0.1) is 17.2 Å². The quantitative estimate of drug-likeness (QED) is 0.399. The number of fused-ring (bicyclic) bond motifs is 1. The first-order valence-corrected chi connectivity index (χ1v) is 11.7. The van der Waals surface area contributed by atoms with Crippen molar-refractivity contribution in [2.75, 3.05) is 11.9 Å². The lowest BCUT2D eigenvalue weighted by Crippen LogP contribution is -2.39. The number of allylic oxidation sites excluding steroid dienone is 1. The molecule has 2 heterocycles. The number of nitrogens with one attached hydrogen (secondary N) is 1. The van der Waals surface area contributed by atoms with Crippen LogP contribution in [0.5, 0.6) is 0 Å². The van der Waals surface area contributed by atoms with E-state index in [0.717, 1.165) is 23.9 Å². The van der Waals surface area contributed by atoms with Gasteiger partial charge in [-0.2, -0.15) is 5.26 Å². The first-order valence-electron chi connectivity index (χ1n) is 11.3. The fraction of sp³-hybridized carbons (Fsp3) is 0.308. The molecule has 0 spiro atoms. The smallest absolute Gasteiger partial charge is 0.264 e. The number of imidazole rings is 1. The maximum absolute atomic E-state index is 13.1. The Bertz CT molecular complexity index is 1290. The average molecular weight is 476 g/mol. The van der Waals surface area contributed by atoms with Crippen LogP contribution in [0.3, 0.4) is 0 Å². The Hall–Kier alpha value is -3.63. The number of likely N-dealkylation sites (tertiary alicyclic amines) is 1. The van der Waals surface area contributed by atoms with E-state index in [0.29, 0.717) is 29.6 Å². The third-order valence-electron chi connectivity index (χ3n) is 5.87. The van der Waals surface area contributed by atoms with Crippen molar-refractivity contribution in [3.8, 4) is 6.07 Å². The van der Waals surface area contributed by atoms with Gasteiger partial charge >= 0.3 is 0 Å². The number of halogens is 1. The molecule has 2 aromatic carbocycles. The van der Waals surface area contributed by atoms with Crippen molar-refractivity contribution in [1.29, 1.82) is 5.26 Å². The lowest BCUT2D eigenvalue weighted by atomic mass is 10.1. The molecule has 174 valence electrons. The fourth-order valence-corrected chi connectivity index (χ4v) is 4.40. The monoisotopic (exact) mass is 475 g/mol. The highest BCUT2D eigenvalue weighted by atomic mass is 35.5. The summed E-state index contributed by atoms with van der Waals surface area (Å²) in [6, 6.07) is 16.2. The summed E-state index contributed by atoms with van der Waals surface area (Å²) in [4.78, 5) is 32.4. The summed E-state index contributed by atoms with van der Waals surface area (Å²) >= 11 is 5.95. The maximum Gasteiger partial charge on any atom is 0.264 e. The fourth-order valence-electron chi connectivity index (χ4n) is 4.28. The third kappa shape index (κ3) is 4.97. The number of nitriles is 1. The molecular weight excluding hydrogens is 450 g/mol. The van der Waals surface area contributed by atoms with Gasteiger partial charge in [-0.05, 0) is 55.2 Å². The van der Waals surface area contributed by atoms with Crippen LogP contribution in [0.4, 0.5) is 5.95 Å². The topological polar surface area (TPSA) is 91.0 Å². The van der Waals surface area contributed by atoms with E-state index in [2.05, 4.69) is 16.4 Å². The second kappa shape index (κ2) is 10.1. The molecule has 4 rings (SSSR count). The van der Waals surface area contributed by atoms with Crippen molar-refractivity contribution in [3.05, 3.63) is 70.8 Å². The number of aromatic nitrogens is 2. The van der Waals surface area contributed by atoms with Crippen molar-refractivity contribution < 1.29 is 9.59 Å². The highest BCUT2D eigenvalue weighted by molar-refractivity contribution is 6.30. The minimum Gasteiger partial charge on any atom is -0.333 e. The number of rotatable bonds is 6. The molecule has 0 radical (unpaired) electrons. The molecule has 34 heavy (non-hydrogen) atoms. The molecule has 1 N–H and O–H groups in total. The molecule has 2 amide bonds. The number of anilines is 1. The minimum atomic E-state index is -0.292. The predicted molar refractivity (Wildman–Crippen MR) is 132 cm³/mol. The summed E-state index contributed by atoms with van der Waals surface area (Å²) in [5, 5.41) is 13.0. The Morgan fingerprint density at radius 2 is 1.97 bits per heavy atom. The Labute approximate surface area is 203 Å². The van der Waals surface area contributed by atoms with E-state index in [-0.39, 0.29) is 29.3 Å². The predicted octanol–water partition coefficient (Wildman–Crippen LogP) is 5.04. The molecule has 3 aromatic rings. The second-order valence-electron chi connectivity index (χ2n) is 8.73. The van der Waals surface area contributed by atoms with Gasteiger partial charge in [-0.3, -0.25) is 14.9 Å². The SMILES string of the molecule is CC(C)/C=C(\C#N)C(=O)N1CCCC1Cn1c(NC(=O)c2ccc(Cl)cc2)nc2ccccc21. The number of benzene rings is 2. The largest absolute Gasteiger partial charge is 0.333 e. The lowest BCUT2D eigenvalue weighted by Gasteiger charge is -2.26. The van der Waals surface area contributed by atoms with Crippen LogP contribution in [0.15, 0.2) is 60.2 Å². The first-order chi connectivity index (χ1) is 16.4. The number of carbonyl (C=O) groups is 2. The lowest BCUT2D eigenvalue weighted by molar-refractivity contribution is -0.127. The van der Waals surface area contributed by atoms with E-state index >= 15 is 0 Å². The van der Waals surface area contributed by atoms with Gasteiger partial charge in [0, 0.05) is 23.7 Å². The van der Waals surface area contributed by atoms with Crippen molar-refractivity contribution in [3.63, 3.8) is 0 Å². The van der Waals surface area contributed by atoms with Crippen molar-refractivity contribution in [2.24, 2.45) is 5.92 Å². The second-order valence-corrected chi connectivity index (χ2v) is 9.16. The van der Waals surface area contributed by atoms with Gasteiger partial charge in [0.25, 0.3) is 11.8 Å². The molecule has 1 saturated heterocycles. The number of amides is 2. The standard InChI is InChI=1S/C26H26ClN5O2/c1-17(2)14-19(15-28)25(34)31-13-5-6-21(31)16-32-23-8-4-3-7-22(23)29-26(32)30-24(33)18-9-11-20(27)12-10-18/h3-4,7-12,14,17,21H,5-6,13,16H2,1-2H3,(H,29,30,33)/b19-14+. The van der Waals surface area contributed by atoms with E-state index in [9.17, 15) is 14.9 Å². The summed E-state index contributed by atoms with van der Waals surface area (Å²) in [6.45, 7) is 4.95. The van der Waals surface area contributed by atoms with E-state index in [4.69, 9.17) is 11.6 Å². The van der Waals surface area contributed by atoms with E-state index in [1.54, 1.807) is 35.2 Å². The Kier molecular flexibility index (Phi) is 6.99. The van der Waals surface area contributed by atoms with Crippen LogP contribution < -0.4 is 5.32 Å². The van der Waals surface area contributed by atoms with Gasteiger partial charge in [-0.25, -0.2) is 4.98 Å². The highest BCUT2D eigenvalue weighted by Gasteiger charge is 2.32. The van der Waals surface area contributed by atoms with Gasteiger partial charge in [0.15, 0.2) is 0 Å². The van der Waals surface area contributed by atoms with E-state index < -0.39 is 0 Å². The van der Waals surface area contributed by atoms with Crippen LogP contribution >= 0.6 is 11.6 Å². The van der Waals surface area contributed by atoms with Gasteiger partial charge in [0.1, 0.15) is 11.6 Å². The Morgan fingerprint density at radius 1 is 1.24 bits per heavy atom. The van der Waals surface area contributed by atoms with Crippen LogP contribution in [-0.2, 0) is 11.3 Å². The van der Waals surface area contributed by atoms with Crippen LogP contribution in [0.25, 0.3) is 11.0 Å². The third-order valence-corrected chi connectivity index (χ3v) is 6.12. The highest BCUT2D eigenvalue weighted by Crippen LogP contribution is 2.27. The molecule has 8 heteroatoms. The molecule has 1 aromatic heterocycles. The summed E-state index contributed by atoms with van der Waals surface area (Å²) in [6.07, 6.45) is 3.38. The van der Waals surface area contributed by atoms with Crippen LogP contribution in [0.1, 0.15) is 37.0 Å². The number of hydrogen-bond acceptors (Lipinski definition) is 4. The van der Waals surface area contributed by atoms with Gasteiger partial charge in [-0.15, -0.1) is 0 Å². The van der Waals surface area contributed by atoms with Crippen molar-refractivity contribution >= 4 is 40.4 Å². The molecule has 0 bridgehead atoms. The van der Waals surface area contributed by atoms with E-state index in [1.807, 2.05) is 42.7 Å². The molecule has 1 atom stereocenters. The van der Waals surface area contributed by atoms with Crippen molar-refractivity contribution in [1.82, 2.24) is 14.5 Å². The normalized spacial score (nSPS) is 16.1. The molecular formula is C26H26ClN5O2. The van der Waals surface area contributed by atoms with Gasteiger partial charge < -0.3 is 9.47 Å². The molecule has 1 aliphatic rings.